The van der Waals surface area contributed by atoms with Crippen molar-refractivity contribution in [2.24, 2.45) is 0 Å². The van der Waals surface area contributed by atoms with Crippen LogP contribution in [0.3, 0.4) is 0 Å². The second-order valence-electron chi connectivity index (χ2n) is 4.86. The predicted octanol–water partition coefficient (Wildman–Crippen LogP) is 5.15. The van der Waals surface area contributed by atoms with Crippen LogP contribution in [0.4, 0.5) is 5.69 Å². The molecule has 1 N–H and O–H groups in total. The summed E-state index contributed by atoms with van der Waals surface area (Å²) in [6.45, 7) is 10.1. The van der Waals surface area contributed by atoms with Crippen molar-refractivity contribution in [3.63, 3.8) is 0 Å². The number of aliphatic hydroxyl groups excluding tert-OH is 1. The third-order valence-corrected chi connectivity index (χ3v) is 2.67. The summed E-state index contributed by atoms with van der Waals surface area (Å²) in [5, 5.41) is 14.0. The molecule has 2 nitrogen and oxygen atoms in total. The van der Waals surface area contributed by atoms with Crippen molar-refractivity contribution in [3.05, 3.63) is 34.1 Å². The van der Waals surface area contributed by atoms with Crippen LogP contribution in [0, 0.1) is 20.8 Å². The van der Waals surface area contributed by atoms with E-state index in [-0.39, 0.29) is 25.3 Å². The van der Waals surface area contributed by atoms with Crippen molar-refractivity contribution in [3.8, 4) is 0 Å². The molecule has 1 rings (SSSR count). The van der Waals surface area contributed by atoms with Gasteiger partial charge in [0.1, 0.15) is 0 Å². The number of nitrogens with zero attached hydrogens (tertiary/aromatic N) is 1. The van der Waals surface area contributed by atoms with Crippen molar-refractivity contribution < 1.29 is 18.2 Å². The van der Waals surface area contributed by atoms with Gasteiger partial charge in [-0.25, -0.2) is 0 Å². The Hall–Kier alpha value is 0.0795. The third kappa shape index (κ3) is 8.06. The molecule has 2 unspecified atom stereocenters. The Morgan fingerprint density at radius 3 is 1.95 bits per heavy atom. The van der Waals surface area contributed by atoms with Crippen LogP contribution in [0.1, 0.15) is 37.0 Å². The van der Waals surface area contributed by atoms with Crippen molar-refractivity contribution in [1.82, 2.24) is 0 Å². The quantitative estimate of drug-likeness (QED) is 0.751. The molecule has 0 radical (unpaired) electrons. The van der Waals surface area contributed by atoms with E-state index in [1.807, 2.05) is 6.92 Å². The van der Waals surface area contributed by atoms with Gasteiger partial charge in [0.05, 0.1) is 0 Å². The molecule has 0 bridgehead atoms. The molecule has 0 spiro atoms. The summed E-state index contributed by atoms with van der Waals surface area (Å²) in [6, 6.07) is 4.47. The molecule has 0 saturated heterocycles. The average Bonchev–Trinajstić information content (AvgIpc) is 2.23. The summed E-state index contributed by atoms with van der Waals surface area (Å²) < 4.78 is 0. The molecule has 0 aliphatic rings. The van der Waals surface area contributed by atoms with Crippen molar-refractivity contribution >= 4 is 25.9 Å². The number of benzene rings is 1. The van der Waals surface area contributed by atoms with Gasteiger partial charge in [0.25, 0.3) is 0 Å². The van der Waals surface area contributed by atoms with E-state index in [0.29, 0.717) is 6.42 Å². The number of hydrogen-bond donors (Lipinski definition) is 1. The van der Waals surface area contributed by atoms with Crippen LogP contribution >= 0.6 is 20.2 Å². The van der Waals surface area contributed by atoms with E-state index in [2.05, 4.69) is 38.2 Å². The molecule has 0 aliphatic heterocycles. The second kappa shape index (κ2) is 9.90. The van der Waals surface area contributed by atoms with E-state index in [0.717, 1.165) is 5.69 Å². The summed E-state index contributed by atoms with van der Waals surface area (Å²) in [5.74, 6) is 0. The summed E-state index contributed by atoms with van der Waals surface area (Å²) in [5.41, 5.74) is 4.79. The predicted molar refractivity (Wildman–Crippen MR) is 81.1 cm³/mol. The van der Waals surface area contributed by atoms with Gasteiger partial charge in [0, 0.05) is 6.10 Å². The third-order valence-electron chi connectivity index (χ3n) is 2.67. The average molecular weight is 347 g/mol. The van der Waals surface area contributed by atoms with Crippen molar-refractivity contribution in [2.45, 2.75) is 53.2 Å². The Morgan fingerprint density at radius 2 is 1.58 bits per heavy atom. The maximum atomic E-state index is 9.32. The van der Waals surface area contributed by atoms with E-state index >= 15 is 0 Å². The van der Waals surface area contributed by atoms with Crippen LogP contribution in [-0.4, -0.2) is 17.3 Å². The molecule has 0 amide bonds. The van der Waals surface area contributed by atoms with Gasteiger partial charge in [-0.15, -0.1) is 11.7 Å². The van der Waals surface area contributed by atoms with Crippen molar-refractivity contribution in [1.29, 1.82) is 0 Å². The van der Waals surface area contributed by atoms with Crippen LogP contribution < -0.4 is 0 Å². The van der Waals surface area contributed by atoms with E-state index in [4.69, 9.17) is 20.2 Å². The van der Waals surface area contributed by atoms with Gasteiger partial charge in [-0.3, -0.25) is 0 Å². The van der Waals surface area contributed by atoms with Gasteiger partial charge in [-0.1, -0.05) is 35.7 Å². The molecule has 5 heteroatoms. The van der Waals surface area contributed by atoms with E-state index in [1.54, 1.807) is 6.92 Å². The first-order chi connectivity index (χ1) is 8.81. The minimum atomic E-state index is -0.287. The number of aliphatic hydroxyl groups is 1. The zero-order valence-corrected chi connectivity index (χ0v) is 14.6. The normalized spacial score (nSPS) is 13.3. The molecule has 0 aromatic heterocycles. The molecule has 0 fully saturated rings. The molecule has 0 aliphatic carbocycles. The summed E-state index contributed by atoms with van der Waals surface area (Å²) in [7, 11) is 9.53. The summed E-state index contributed by atoms with van der Waals surface area (Å²) in [6.07, 6.45) is 0.428. The fourth-order valence-electron chi connectivity index (χ4n) is 2.14. The zero-order valence-electron chi connectivity index (χ0n) is 12.0. The topological polar surface area (TPSA) is 34.3 Å². The van der Waals surface area contributed by atoms with Crippen LogP contribution in [0.2, 0.25) is 0 Å². The van der Waals surface area contributed by atoms with Gasteiger partial charge in [-0.05, 0) is 34.1 Å². The molecule has 19 heavy (non-hydrogen) atoms. The van der Waals surface area contributed by atoms with Gasteiger partial charge in [-0.2, -0.15) is 0 Å². The van der Waals surface area contributed by atoms with Crippen LogP contribution in [0.5, 0.6) is 0 Å². The molecular formula is C14H22Cl2FeNO. The zero-order chi connectivity index (χ0) is 15.0. The van der Waals surface area contributed by atoms with Crippen LogP contribution in [0.25, 0.3) is 5.32 Å². The summed E-state index contributed by atoms with van der Waals surface area (Å²) >= 11 is 0.194. The molecule has 1 aromatic rings. The van der Waals surface area contributed by atoms with Crippen LogP contribution in [0.15, 0.2) is 12.1 Å². The van der Waals surface area contributed by atoms with E-state index in [1.165, 1.54) is 16.7 Å². The molecule has 1 aromatic carbocycles. The molecule has 2 atom stereocenters. The Labute approximate surface area is 131 Å². The standard InChI is InChI=1S/C14H22NO.2ClH.Fe/c1-9-6-10(2)14(11(3)7-9)15-12(4)8-13(5)16;;;/h6-7,12-13,16H,8H2,1-5H3;2*1H;/q-1;;;+3/p-2. The van der Waals surface area contributed by atoms with Gasteiger partial charge >= 0.3 is 33.3 Å². The van der Waals surface area contributed by atoms with Gasteiger partial charge in [0.2, 0.25) is 0 Å². The number of aryl methyl sites for hydroxylation is 3. The second-order valence-corrected chi connectivity index (χ2v) is 6.68. The monoisotopic (exact) mass is 346 g/mol. The first-order valence-electron chi connectivity index (χ1n) is 6.13. The molecule has 111 valence electrons. The molecule has 0 heterocycles. The van der Waals surface area contributed by atoms with Gasteiger partial charge < -0.3 is 10.4 Å². The fourth-order valence-corrected chi connectivity index (χ4v) is 2.14. The minimum absolute atomic E-state index is 0.167. The number of hydrogen-bond acceptors (Lipinski definition) is 1. The Kier molecular flexibility index (Phi) is 9.94. The first kappa shape index (κ1) is 19.1. The van der Waals surface area contributed by atoms with Gasteiger partial charge in [0.15, 0.2) is 0 Å². The summed E-state index contributed by atoms with van der Waals surface area (Å²) in [4.78, 5) is 0. The van der Waals surface area contributed by atoms with E-state index in [9.17, 15) is 5.11 Å². The Balaban J connectivity index is 0.000000982. The Bertz CT molecular complexity index is 363. The molecule has 0 saturated carbocycles. The van der Waals surface area contributed by atoms with Crippen LogP contribution in [-0.2, 0) is 13.1 Å². The Morgan fingerprint density at radius 1 is 1.16 bits per heavy atom. The first-order valence-corrected chi connectivity index (χ1v) is 9.17. The fraction of sp³-hybridized carbons (Fsp3) is 0.571. The SMILES string of the molecule is Cc1cc(C)c([N-]C(C)CC(C)O)c(C)c1.[Cl][Fe+][Cl]. The maximum absolute atomic E-state index is 9.32. The van der Waals surface area contributed by atoms with Crippen molar-refractivity contribution in [2.75, 3.05) is 0 Å². The molecular weight excluding hydrogens is 325 g/mol. The van der Waals surface area contributed by atoms with E-state index < -0.39 is 0 Å². The number of rotatable bonds is 4. The number of halogens is 2.